The van der Waals surface area contributed by atoms with Crippen LogP contribution in [0.15, 0.2) is 29.3 Å². The van der Waals surface area contributed by atoms with E-state index in [1.807, 2.05) is 11.4 Å². The first kappa shape index (κ1) is 14.2. The Morgan fingerprint density at radius 1 is 1.48 bits per heavy atom. The third-order valence-electron chi connectivity index (χ3n) is 3.39. The van der Waals surface area contributed by atoms with Crippen LogP contribution in [0.2, 0.25) is 0 Å². The van der Waals surface area contributed by atoms with Crippen LogP contribution in [-0.2, 0) is 14.4 Å². The van der Waals surface area contributed by atoms with Gasteiger partial charge >= 0.3 is 5.97 Å². The minimum atomic E-state index is -1.01. The number of rotatable bonds is 3. The first-order valence-corrected chi connectivity index (χ1v) is 8.14. The Bertz CT molecular complexity index is 641. The maximum Gasteiger partial charge on any atom is 0.333 e. The summed E-state index contributed by atoms with van der Waals surface area (Å²) < 4.78 is 0. The van der Waals surface area contributed by atoms with Crippen LogP contribution in [0.25, 0.3) is 0 Å². The molecule has 0 bridgehead atoms. The van der Waals surface area contributed by atoms with Gasteiger partial charge in [0, 0.05) is 18.9 Å². The van der Waals surface area contributed by atoms with Gasteiger partial charge < -0.3 is 10.0 Å². The van der Waals surface area contributed by atoms with Gasteiger partial charge in [-0.2, -0.15) is 0 Å². The molecule has 3 heterocycles. The fourth-order valence-electron chi connectivity index (χ4n) is 2.41. The average Bonchev–Trinajstić information content (AvgIpc) is 2.96. The topological polar surface area (TPSA) is 77.9 Å². The Morgan fingerprint density at radius 2 is 2.24 bits per heavy atom. The van der Waals surface area contributed by atoms with E-state index in [-0.39, 0.29) is 22.8 Å². The van der Waals surface area contributed by atoms with Crippen LogP contribution >= 0.6 is 23.1 Å². The van der Waals surface area contributed by atoms with Crippen molar-refractivity contribution >= 4 is 45.9 Å². The first-order valence-electron chi connectivity index (χ1n) is 6.22. The number of thiophene rings is 1. The van der Waals surface area contributed by atoms with Crippen LogP contribution in [0.4, 0.5) is 5.00 Å². The highest BCUT2D eigenvalue weighted by Gasteiger charge is 2.53. The Morgan fingerprint density at radius 3 is 2.81 bits per heavy atom. The Labute approximate surface area is 129 Å². The molecular weight excluding hydrogens is 312 g/mol. The van der Waals surface area contributed by atoms with Crippen LogP contribution < -0.4 is 4.90 Å². The Kier molecular flexibility index (Phi) is 3.50. The number of thioether (sulfide) groups is 1. The number of carboxylic acids is 1. The van der Waals surface area contributed by atoms with E-state index in [1.54, 1.807) is 6.07 Å². The number of nitrogens with zero attached hydrogens (tertiary/aromatic N) is 2. The zero-order chi connectivity index (χ0) is 15.1. The Hall–Kier alpha value is -1.80. The second-order valence-electron chi connectivity index (χ2n) is 4.69. The summed E-state index contributed by atoms with van der Waals surface area (Å²) in [5, 5.41) is 11.3. The van der Waals surface area contributed by atoms with Gasteiger partial charge in [0.05, 0.1) is 10.6 Å². The standard InChI is InChI=1S/C13H12N2O4S2/c1-7(16)15(9-3-2-4-20-9)10-11(17)14-5-8(13(18)19)6-21-12(10)14/h2-5,10,12H,6H2,1H3,(H,18,19)/t10?,12-/m1/s1. The van der Waals surface area contributed by atoms with Crippen molar-refractivity contribution in [2.45, 2.75) is 18.3 Å². The summed E-state index contributed by atoms with van der Waals surface area (Å²) in [6, 6.07) is 3.07. The van der Waals surface area contributed by atoms with Gasteiger partial charge in [0.25, 0.3) is 5.91 Å². The molecule has 6 nitrogen and oxygen atoms in total. The van der Waals surface area contributed by atoms with Gasteiger partial charge in [-0.25, -0.2) is 4.79 Å². The molecule has 1 saturated heterocycles. The minimum absolute atomic E-state index is 0.191. The molecule has 0 spiro atoms. The fraction of sp³-hybridized carbons (Fsp3) is 0.308. The van der Waals surface area contributed by atoms with Crippen molar-refractivity contribution in [3.63, 3.8) is 0 Å². The highest BCUT2D eigenvalue weighted by Crippen LogP contribution is 2.41. The number of amides is 2. The van der Waals surface area contributed by atoms with Gasteiger partial charge in [0.1, 0.15) is 11.4 Å². The molecule has 0 aliphatic carbocycles. The van der Waals surface area contributed by atoms with Crippen molar-refractivity contribution in [2.75, 3.05) is 10.7 Å². The van der Waals surface area contributed by atoms with E-state index in [2.05, 4.69) is 0 Å². The van der Waals surface area contributed by atoms with E-state index in [0.717, 1.165) is 5.00 Å². The molecular formula is C13H12N2O4S2. The lowest BCUT2D eigenvalue weighted by Crippen LogP contribution is -2.69. The van der Waals surface area contributed by atoms with E-state index in [4.69, 9.17) is 5.11 Å². The molecule has 21 heavy (non-hydrogen) atoms. The number of carboxylic acid groups (broad SMARTS) is 1. The maximum atomic E-state index is 12.3. The van der Waals surface area contributed by atoms with Crippen LogP contribution in [0.5, 0.6) is 0 Å². The molecule has 2 aliphatic rings. The molecule has 0 aromatic carbocycles. The largest absolute Gasteiger partial charge is 0.478 e. The number of aliphatic carboxylic acids is 1. The van der Waals surface area contributed by atoms with E-state index < -0.39 is 12.0 Å². The van der Waals surface area contributed by atoms with Gasteiger partial charge in [-0.1, -0.05) is 0 Å². The number of β-lactam (4-membered cyclic amide) rings is 1. The first-order chi connectivity index (χ1) is 10.0. The molecule has 3 rings (SSSR count). The second kappa shape index (κ2) is 5.19. The molecule has 2 amide bonds. The summed E-state index contributed by atoms with van der Waals surface area (Å²) >= 11 is 2.77. The summed E-state index contributed by atoms with van der Waals surface area (Å²) in [5.74, 6) is -1.12. The lowest BCUT2D eigenvalue weighted by Gasteiger charge is -2.50. The molecule has 1 aromatic heterocycles. The molecule has 1 aromatic rings. The maximum absolute atomic E-state index is 12.3. The third-order valence-corrected chi connectivity index (χ3v) is 5.56. The zero-order valence-corrected chi connectivity index (χ0v) is 12.7. The predicted octanol–water partition coefficient (Wildman–Crippen LogP) is 1.35. The molecule has 110 valence electrons. The van der Waals surface area contributed by atoms with Gasteiger partial charge in [0.2, 0.25) is 5.91 Å². The zero-order valence-electron chi connectivity index (χ0n) is 11.1. The normalized spacial score (nSPS) is 24.0. The van der Waals surface area contributed by atoms with Crippen LogP contribution in [0.3, 0.4) is 0 Å². The van der Waals surface area contributed by atoms with Gasteiger partial charge in [-0.3, -0.25) is 14.5 Å². The molecule has 1 unspecified atom stereocenters. The molecule has 0 saturated carbocycles. The van der Waals surface area contributed by atoms with Crippen molar-refractivity contribution in [3.05, 3.63) is 29.3 Å². The number of anilines is 1. The molecule has 1 fully saturated rings. The summed E-state index contributed by atoms with van der Waals surface area (Å²) in [6.07, 6.45) is 1.38. The van der Waals surface area contributed by atoms with Crippen molar-refractivity contribution in [1.82, 2.24) is 4.90 Å². The second-order valence-corrected chi connectivity index (χ2v) is 6.72. The van der Waals surface area contributed by atoms with Crippen LogP contribution in [0.1, 0.15) is 6.92 Å². The van der Waals surface area contributed by atoms with Crippen LogP contribution in [-0.4, -0.2) is 45.0 Å². The summed E-state index contributed by atoms with van der Waals surface area (Å²) in [7, 11) is 0. The molecule has 1 N–H and O–H groups in total. The number of hydrogen-bond acceptors (Lipinski definition) is 5. The van der Waals surface area contributed by atoms with E-state index in [0.29, 0.717) is 5.75 Å². The molecule has 2 aliphatic heterocycles. The SMILES string of the molecule is CC(=O)N(c1cccs1)C1C(=O)N2C=C(C(=O)O)CS[C@H]12. The van der Waals surface area contributed by atoms with Crippen LogP contribution in [0, 0.1) is 0 Å². The molecule has 2 atom stereocenters. The minimum Gasteiger partial charge on any atom is -0.478 e. The Balaban J connectivity index is 1.87. The number of hydrogen-bond donors (Lipinski definition) is 1. The fourth-order valence-corrected chi connectivity index (χ4v) is 4.51. The smallest absolute Gasteiger partial charge is 0.333 e. The van der Waals surface area contributed by atoms with Gasteiger partial charge in [-0.15, -0.1) is 23.1 Å². The predicted molar refractivity (Wildman–Crippen MR) is 80.1 cm³/mol. The monoisotopic (exact) mass is 324 g/mol. The van der Waals surface area contributed by atoms with E-state index in [1.165, 1.54) is 46.0 Å². The van der Waals surface area contributed by atoms with Gasteiger partial charge in [-0.05, 0) is 17.5 Å². The lowest BCUT2D eigenvalue weighted by atomic mass is 10.0. The average molecular weight is 324 g/mol. The highest BCUT2D eigenvalue weighted by molar-refractivity contribution is 8.00. The summed E-state index contributed by atoms with van der Waals surface area (Å²) in [5.41, 5.74) is 0.202. The highest BCUT2D eigenvalue weighted by atomic mass is 32.2. The van der Waals surface area contributed by atoms with E-state index >= 15 is 0 Å². The van der Waals surface area contributed by atoms with Crippen molar-refractivity contribution in [1.29, 1.82) is 0 Å². The van der Waals surface area contributed by atoms with Crippen molar-refractivity contribution in [2.24, 2.45) is 0 Å². The summed E-state index contributed by atoms with van der Waals surface area (Å²) in [6.45, 7) is 1.43. The number of fused-ring (bicyclic) bond motifs is 1. The van der Waals surface area contributed by atoms with Gasteiger partial charge in [0.15, 0.2) is 0 Å². The quantitative estimate of drug-likeness (QED) is 0.849. The molecule has 0 radical (unpaired) electrons. The number of carbonyl (C=O) groups is 3. The summed E-state index contributed by atoms with van der Waals surface area (Å²) in [4.78, 5) is 38.1. The van der Waals surface area contributed by atoms with Crippen molar-refractivity contribution in [3.8, 4) is 0 Å². The van der Waals surface area contributed by atoms with E-state index in [9.17, 15) is 14.4 Å². The van der Waals surface area contributed by atoms with Crippen molar-refractivity contribution < 1.29 is 19.5 Å². The molecule has 8 heteroatoms. The lowest BCUT2D eigenvalue weighted by molar-refractivity contribution is -0.142. The number of carbonyl (C=O) groups excluding carboxylic acids is 2. The third kappa shape index (κ3) is 2.24.